The third-order valence-corrected chi connectivity index (χ3v) is 3.46. The van der Waals surface area contributed by atoms with Crippen LogP contribution < -0.4 is 5.32 Å². The van der Waals surface area contributed by atoms with Crippen molar-refractivity contribution >= 4 is 5.91 Å². The van der Waals surface area contributed by atoms with Crippen molar-refractivity contribution in [1.82, 2.24) is 15.5 Å². The second kappa shape index (κ2) is 6.95. The predicted molar refractivity (Wildman–Crippen MR) is 82.3 cm³/mol. The summed E-state index contributed by atoms with van der Waals surface area (Å²) in [5, 5.41) is 6.08. The smallest absolute Gasteiger partial charge is 0.343 e. The van der Waals surface area contributed by atoms with E-state index in [0.717, 1.165) is 24.3 Å². The van der Waals surface area contributed by atoms with Gasteiger partial charge in [-0.15, -0.1) is 0 Å². The van der Waals surface area contributed by atoms with Crippen LogP contribution in [0, 0.1) is 5.82 Å². The number of amides is 1. The summed E-state index contributed by atoms with van der Waals surface area (Å²) in [5.74, 6) is -1.07. The Morgan fingerprint density at radius 1 is 1.08 bits per heavy atom. The van der Waals surface area contributed by atoms with Gasteiger partial charge in [-0.25, -0.2) is 4.39 Å². The molecule has 1 aromatic heterocycles. The molecule has 1 N–H and O–H groups in total. The molecule has 1 amide bonds. The molecule has 0 saturated heterocycles. The number of aromatic nitrogens is 2. The second-order valence-corrected chi connectivity index (χ2v) is 5.25. The molecule has 3 rings (SSSR count). The van der Waals surface area contributed by atoms with Gasteiger partial charge in [-0.1, -0.05) is 17.3 Å². The summed E-state index contributed by atoms with van der Waals surface area (Å²) in [6, 6.07) is 9.62. The van der Waals surface area contributed by atoms with E-state index in [1.54, 1.807) is 6.07 Å². The van der Waals surface area contributed by atoms with Gasteiger partial charge in [-0.3, -0.25) is 4.79 Å². The zero-order valence-corrected chi connectivity index (χ0v) is 13.0. The molecule has 1 heterocycles. The monoisotopic (exact) mass is 365 g/mol. The van der Waals surface area contributed by atoms with Crippen LogP contribution in [0.2, 0.25) is 0 Å². The van der Waals surface area contributed by atoms with Crippen LogP contribution in [0.1, 0.15) is 21.8 Å². The van der Waals surface area contributed by atoms with Crippen LogP contribution in [-0.2, 0) is 12.7 Å². The fourth-order valence-electron chi connectivity index (χ4n) is 2.15. The SMILES string of the molecule is O=C(NCc1nc(-c2ccccc2F)no1)c1ccc(C(F)(F)F)cc1. The number of benzene rings is 2. The Bertz CT molecular complexity index is 920. The fraction of sp³-hybridized carbons (Fsp3) is 0.118. The van der Waals surface area contributed by atoms with Crippen molar-refractivity contribution in [3.05, 3.63) is 71.4 Å². The van der Waals surface area contributed by atoms with E-state index in [1.165, 1.54) is 18.2 Å². The van der Waals surface area contributed by atoms with Gasteiger partial charge >= 0.3 is 6.18 Å². The quantitative estimate of drug-likeness (QED) is 0.714. The number of carbonyl (C=O) groups excluding carboxylic acids is 1. The first-order valence-electron chi connectivity index (χ1n) is 7.37. The Hall–Kier alpha value is -3.23. The molecule has 5 nitrogen and oxygen atoms in total. The molecule has 0 bridgehead atoms. The summed E-state index contributed by atoms with van der Waals surface area (Å²) in [5.41, 5.74) is -0.649. The molecule has 3 aromatic rings. The number of nitrogens with one attached hydrogen (secondary N) is 1. The number of hydrogen-bond donors (Lipinski definition) is 1. The molecule has 0 aliphatic carbocycles. The Kier molecular flexibility index (Phi) is 4.70. The highest BCUT2D eigenvalue weighted by atomic mass is 19.4. The molecule has 26 heavy (non-hydrogen) atoms. The molecule has 2 aromatic carbocycles. The standard InChI is InChI=1S/C17H11F4N3O2/c18-13-4-2-1-3-12(13)15-23-14(26-24-15)9-22-16(25)10-5-7-11(8-6-10)17(19,20)21/h1-8H,9H2,(H,22,25). The first-order valence-corrected chi connectivity index (χ1v) is 7.37. The molecular formula is C17H11F4N3O2. The first-order chi connectivity index (χ1) is 12.3. The average molecular weight is 365 g/mol. The van der Waals surface area contributed by atoms with Crippen LogP contribution in [0.5, 0.6) is 0 Å². The Morgan fingerprint density at radius 3 is 2.42 bits per heavy atom. The van der Waals surface area contributed by atoms with Gasteiger partial charge in [-0.05, 0) is 36.4 Å². The summed E-state index contributed by atoms with van der Waals surface area (Å²) in [7, 11) is 0. The van der Waals surface area contributed by atoms with Crippen LogP contribution >= 0.6 is 0 Å². The van der Waals surface area contributed by atoms with Gasteiger partial charge in [0.25, 0.3) is 5.91 Å². The minimum atomic E-state index is -4.47. The van der Waals surface area contributed by atoms with Crippen molar-refractivity contribution in [3.63, 3.8) is 0 Å². The van der Waals surface area contributed by atoms with E-state index in [9.17, 15) is 22.4 Å². The van der Waals surface area contributed by atoms with E-state index in [2.05, 4.69) is 15.5 Å². The molecule has 0 spiro atoms. The molecule has 0 aliphatic rings. The maximum Gasteiger partial charge on any atom is 0.416 e. The van der Waals surface area contributed by atoms with Crippen LogP contribution in [0.4, 0.5) is 17.6 Å². The van der Waals surface area contributed by atoms with Gasteiger partial charge in [0.15, 0.2) is 0 Å². The lowest BCUT2D eigenvalue weighted by atomic mass is 10.1. The number of carbonyl (C=O) groups is 1. The molecule has 0 atom stereocenters. The van der Waals surface area contributed by atoms with Crippen LogP contribution in [-0.4, -0.2) is 16.0 Å². The van der Waals surface area contributed by atoms with Crippen molar-refractivity contribution in [1.29, 1.82) is 0 Å². The lowest BCUT2D eigenvalue weighted by Gasteiger charge is -2.07. The van der Waals surface area contributed by atoms with Gasteiger partial charge in [0.1, 0.15) is 5.82 Å². The van der Waals surface area contributed by atoms with Crippen LogP contribution in [0.3, 0.4) is 0 Å². The van der Waals surface area contributed by atoms with Gasteiger partial charge in [0.2, 0.25) is 11.7 Å². The highest BCUT2D eigenvalue weighted by Crippen LogP contribution is 2.29. The van der Waals surface area contributed by atoms with E-state index in [1.807, 2.05) is 0 Å². The number of hydrogen-bond acceptors (Lipinski definition) is 4. The number of alkyl halides is 3. The topological polar surface area (TPSA) is 68.0 Å². The number of rotatable bonds is 4. The molecule has 0 aliphatic heterocycles. The highest BCUT2D eigenvalue weighted by Gasteiger charge is 2.30. The summed E-state index contributed by atoms with van der Waals surface area (Å²) in [6.07, 6.45) is -4.47. The molecule has 9 heteroatoms. The third-order valence-electron chi connectivity index (χ3n) is 3.46. The maximum absolute atomic E-state index is 13.7. The molecule has 0 radical (unpaired) electrons. The maximum atomic E-state index is 13.7. The van der Waals surface area contributed by atoms with Gasteiger partial charge in [0, 0.05) is 5.56 Å². The largest absolute Gasteiger partial charge is 0.416 e. The first kappa shape index (κ1) is 17.6. The zero-order valence-electron chi connectivity index (χ0n) is 13.0. The third kappa shape index (κ3) is 3.88. The van der Waals surface area contributed by atoms with E-state index >= 15 is 0 Å². The fourth-order valence-corrected chi connectivity index (χ4v) is 2.15. The Labute approximate surface area is 144 Å². The number of halogens is 4. The van der Waals surface area contributed by atoms with Crippen LogP contribution in [0.25, 0.3) is 11.4 Å². The summed E-state index contributed by atoms with van der Waals surface area (Å²) in [4.78, 5) is 15.9. The van der Waals surface area contributed by atoms with Crippen molar-refractivity contribution in [2.24, 2.45) is 0 Å². The van der Waals surface area contributed by atoms with E-state index in [-0.39, 0.29) is 29.4 Å². The van der Waals surface area contributed by atoms with Gasteiger partial charge in [0.05, 0.1) is 17.7 Å². The summed E-state index contributed by atoms with van der Waals surface area (Å²) < 4.78 is 56.1. The Morgan fingerprint density at radius 2 is 1.77 bits per heavy atom. The second-order valence-electron chi connectivity index (χ2n) is 5.25. The summed E-state index contributed by atoms with van der Waals surface area (Å²) >= 11 is 0. The van der Waals surface area contributed by atoms with Crippen LogP contribution in [0.15, 0.2) is 53.1 Å². The van der Waals surface area contributed by atoms with Crippen molar-refractivity contribution < 1.29 is 26.9 Å². The van der Waals surface area contributed by atoms with Crippen molar-refractivity contribution in [3.8, 4) is 11.4 Å². The molecule has 0 unspecified atom stereocenters. The predicted octanol–water partition coefficient (Wildman–Crippen LogP) is 3.82. The minimum absolute atomic E-state index is 0.0295. The molecule has 0 saturated carbocycles. The van der Waals surface area contributed by atoms with E-state index in [0.29, 0.717) is 0 Å². The molecule has 0 fully saturated rings. The van der Waals surface area contributed by atoms with Gasteiger partial charge in [-0.2, -0.15) is 18.2 Å². The van der Waals surface area contributed by atoms with Crippen molar-refractivity contribution in [2.75, 3.05) is 0 Å². The number of nitrogens with zero attached hydrogens (tertiary/aromatic N) is 2. The summed E-state index contributed by atoms with van der Waals surface area (Å²) in [6.45, 7) is -0.151. The Balaban J connectivity index is 1.64. The minimum Gasteiger partial charge on any atom is -0.343 e. The zero-order chi connectivity index (χ0) is 18.7. The average Bonchev–Trinajstić information content (AvgIpc) is 3.08. The van der Waals surface area contributed by atoms with E-state index in [4.69, 9.17) is 4.52 Å². The highest BCUT2D eigenvalue weighted by molar-refractivity contribution is 5.94. The molecule has 134 valence electrons. The molecular weight excluding hydrogens is 354 g/mol. The lowest BCUT2D eigenvalue weighted by molar-refractivity contribution is -0.137. The lowest BCUT2D eigenvalue weighted by Crippen LogP contribution is -2.23. The van der Waals surface area contributed by atoms with Crippen molar-refractivity contribution in [2.45, 2.75) is 12.7 Å². The van der Waals surface area contributed by atoms with E-state index < -0.39 is 23.5 Å². The van der Waals surface area contributed by atoms with Gasteiger partial charge < -0.3 is 9.84 Å². The normalized spacial score (nSPS) is 11.4.